The zero-order valence-corrected chi connectivity index (χ0v) is 23.9. The number of hydrogen-bond acceptors (Lipinski definition) is 5. The zero-order valence-electron chi connectivity index (χ0n) is 23.9. The highest BCUT2D eigenvalue weighted by Gasteiger charge is 2.17. The maximum Gasteiger partial charge on any atom is 0.328 e. The molecule has 1 fully saturated rings. The molecule has 1 saturated heterocycles. The third-order valence-corrected chi connectivity index (χ3v) is 7.51. The number of carboxylic acid groups (broad SMARTS) is 2. The Bertz CT molecular complexity index is 1520. The van der Waals surface area contributed by atoms with Crippen LogP contribution in [0.3, 0.4) is 0 Å². The van der Waals surface area contributed by atoms with Crippen LogP contribution in [0.25, 0.3) is 22.0 Å². The average molecular weight is 552 g/mol. The molecule has 0 saturated carbocycles. The third kappa shape index (κ3) is 8.58. The molecular weight excluding hydrogens is 514 g/mol. The first-order valence-electron chi connectivity index (χ1n) is 13.8. The molecule has 0 radical (unpaired) electrons. The first-order valence-corrected chi connectivity index (χ1v) is 13.8. The minimum absolute atomic E-state index is 0.558. The van der Waals surface area contributed by atoms with Gasteiger partial charge < -0.3 is 10.2 Å². The van der Waals surface area contributed by atoms with Gasteiger partial charge in [-0.3, -0.25) is 14.8 Å². The van der Waals surface area contributed by atoms with Crippen molar-refractivity contribution in [2.24, 2.45) is 0 Å². The van der Waals surface area contributed by atoms with Gasteiger partial charge in [0, 0.05) is 63.2 Å². The van der Waals surface area contributed by atoms with E-state index in [4.69, 9.17) is 10.2 Å². The van der Waals surface area contributed by atoms with Crippen molar-refractivity contribution >= 4 is 22.7 Å². The number of aryl methyl sites for hydroxylation is 2. The lowest BCUT2D eigenvalue weighted by molar-refractivity contribution is -0.134. The Labute approximate surface area is 241 Å². The van der Waals surface area contributed by atoms with Gasteiger partial charge in [0.25, 0.3) is 0 Å². The largest absolute Gasteiger partial charge is 0.478 e. The summed E-state index contributed by atoms with van der Waals surface area (Å²) in [4.78, 5) is 28.9. The fraction of sp³-hybridized carbons (Fsp3) is 0.265. The summed E-state index contributed by atoms with van der Waals surface area (Å²) in [5, 5.41) is 18.3. The lowest BCUT2D eigenvalue weighted by Crippen LogP contribution is -2.45. The summed E-state index contributed by atoms with van der Waals surface area (Å²) in [6.07, 6.45) is 3.08. The Balaban J connectivity index is 0.000000426. The van der Waals surface area contributed by atoms with Crippen LogP contribution in [0.2, 0.25) is 0 Å². The van der Waals surface area contributed by atoms with Crippen LogP contribution in [0.15, 0.2) is 85.1 Å². The van der Waals surface area contributed by atoms with E-state index in [1.54, 1.807) is 0 Å². The van der Waals surface area contributed by atoms with E-state index in [-0.39, 0.29) is 0 Å². The van der Waals surface area contributed by atoms with E-state index >= 15 is 0 Å². The lowest BCUT2D eigenvalue weighted by Gasteiger charge is -2.34. The number of nitrogens with zero attached hydrogens (tertiary/aromatic N) is 3. The number of hydrogen-bond donors (Lipinski definition) is 2. The molecule has 0 spiro atoms. The summed E-state index contributed by atoms with van der Waals surface area (Å²) in [5.74, 6) is -2.51. The Morgan fingerprint density at radius 3 is 1.83 bits per heavy atom. The number of aromatic nitrogens is 1. The molecule has 0 aliphatic carbocycles. The average Bonchev–Trinajstić information content (AvgIpc) is 2.96. The van der Waals surface area contributed by atoms with E-state index in [1.807, 2.05) is 6.20 Å². The Kier molecular flexibility index (Phi) is 10.0. The highest BCUT2D eigenvalue weighted by Crippen LogP contribution is 2.25. The van der Waals surface area contributed by atoms with Crippen LogP contribution in [0, 0.1) is 20.8 Å². The number of rotatable bonds is 7. The van der Waals surface area contributed by atoms with E-state index < -0.39 is 11.9 Å². The highest BCUT2D eigenvalue weighted by atomic mass is 16.4. The molecule has 2 heterocycles. The van der Waals surface area contributed by atoms with Crippen molar-refractivity contribution in [2.45, 2.75) is 33.9 Å². The van der Waals surface area contributed by atoms with Crippen LogP contribution in [0.1, 0.15) is 27.8 Å². The molecule has 7 nitrogen and oxygen atoms in total. The van der Waals surface area contributed by atoms with Crippen molar-refractivity contribution < 1.29 is 19.8 Å². The standard InChI is InChI=1S/C30H33N3.C4H4O4/c1-22-16-29(17-23(2)24(22)3)30-19-26(10-11-31-30)21-33-14-12-32(13-15-33)20-25-8-9-27-6-4-5-7-28(27)18-25;5-3(6)1-2-4(7)8/h4-11,16-19H,12-15,20-21H2,1-3H3;1-2H,(H,5,6)(H,7,8)/b;2-1-. The van der Waals surface area contributed by atoms with Gasteiger partial charge in [-0.15, -0.1) is 0 Å². The molecule has 41 heavy (non-hydrogen) atoms. The second kappa shape index (κ2) is 13.8. The number of carboxylic acids is 2. The van der Waals surface area contributed by atoms with Gasteiger partial charge in [0.15, 0.2) is 0 Å². The molecule has 0 unspecified atom stereocenters. The predicted molar refractivity (Wildman–Crippen MR) is 163 cm³/mol. The number of fused-ring (bicyclic) bond motifs is 1. The molecule has 5 rings (SSSR count). The summed E-state index contributed by atoms with van der Waals surface area (Å²) in [6.45, 7) is 13.0. The van der Waals surface area contributed by atoms with Gasteiger partial charge in [-0.2, -0.15) is 0 Å². The molecule has 1 aromatic heterocycles. The maximum atomic E-state index is 9.55. The Morgan fingerprint density at radius 2 is 1.27 bits per heavy atom. The van der Waals surface area contributed by atoms with Crippen molar-refractivity contribution in [3.8, 4) is 11.3 Å². The minimum atomic E-state index is -1.26. The van der Waals surface area contributed by atoms with Crippen molar-refractivity contribution in [1.29, 1.82) is 0 Å². The lowest BCUT2D eigenvalue weighted by atomic mass is 9.98. The number of piperazine rings is 1. The van der Waals surface area contributed by atoms with Gasteiger partial charge in [-0.05, 0) is 89.7 Å². The molecular formula is C34H37N3O4. The first-order chi connectivity index (χ1) is 19.7. The number of pyridine rings is 1. The number of benzene rings is 3. The molecule has 3 aromatic carbocycles. The van der Waals surface area contributed by atoms with E-state index in [0.29, 0.717) is 12.2 Å². The van der Waals surface area contributed by atoms with E-state index in [2.05, 4.69) is 102 Å². The SMILES string of the molecule is Cc1cc(-c2cc(CN3CCN(Cc4ccc5ccccc5c4)CC3)ccn2)cc(C)c1C.O=C(O)/C=C\C(=O)O. The van der Waals surface area contributed by atoms with E-state index in [1.165, 1.54) is 44.2 Å². The van der Waals surface area contributed by atoms with Crippen molar-refractivity contribution in [3.63, 3.8) is 0 Å². The van der Waals surface area contributed by atoms with Crippen LogP contribution >= 0.6 is 0 Å². The van der Waals surface area contributed by atoms with Gasteiger partial charge >= 0.3 is 11.9 Å². The van der Waals surface area contributed by atoms with Gasteiger partial charge in [-0.1, -0.05) is 36.4 Å². The quantitative estimate of drug-likeness (QED) is 0.278. The fourth-order valence-electron chi connectivity index (χ4n) is 5.02. The Morgan fingerprint density at radius 1 is 0.732 bits per heavy atom. The van der Waals surface area contributed by atoms with E-state index in [0.717, 1.165) is 45.0 Å². The van der Waals surface area contributed by atoms with Crippen molar-refractivity contribution in [3.05, 3.63) is 113 Å². The molecule has 0 bridgehead atoms. The van der Waals surface area contributed by atoms with Crippen LogP contribution in [-0.4, -0.2) is 63.1 Å². The van der Waals surface area contributed by atoms with Gasteiger partial charge in [-0.25, -0.2) is 9.59 Å². The molecule has 1 aliphatic heterocycles. The summed E-state index contributed by atoms with van der Waals surface area (Å²) < 4.78 is 0. The monoisotopic (exact) mass is 551 g/mol. The number of aliphatic carboxylic acids is 2. The normalized spacial score (nSPS) is 14.1. The summed E-state index contributed by atoms with van der Waals surface area (Å²) >= 11 is 0. The highest BCUT2D eigenvalue weighted by molar-refractivity contribution is 5.89. The molecule has 0 atom stereocenters. The van der Waals surface area contributed by atoms with Crippen LogP contribution in [-0.2, 0) is 22.7 Å². The Hall–Kier alpha value is -4.33. The minimum Gasteiger partial charge on any atom is -0.478 e. The van der Waals surface area contributed by atoms with Gasteiger partial charge in [0.05, 0.1) is 5.69 Å². The van der Waals surface area contributed by atoms with Crippen molar-refractivity contribution in [1.82, 2.24) is 14.8 Å². The molecule has 212 valence electrons. The number of carbonyl (C=O) groups is 2. The smallest absolute Gasteiger partial charge is 0.328 e. The van der Waals surface area contributed by atoms with Crippen LogP contribution < -0.4 is 0 Å². The summed E-state index contributed by atoms with van der Waals surface area (Å²) in [5.41, 5.74) is 9.09. The predicted octanol–water partition coefficient (Wildman–Crippen LogP) is 5.86. The first kappa shape index (κ1) is 29.6. The summed E-state index contributed by atoms with van der Waals surface area (Å²) in [6, 6.07) is 24.5. The molecule has 2 N–H and O–H groups in total. The third-order valence-electron chi connectivity index (χ3n) is 7.51. The molecule has 4 aromatic rings. The fourth-order valence-corrected chi connectivity index (χ4v) is 5.02. The second-order valence-corrected chi connectivity index (χ2v) is 10.5. The zero-order chi connectivity index (χ0) is 29.4. The topological polar surface area (TPSA) is 94.0 Å². The van der Waals surface area contributed by atoms with Gasteiger partial charge in [0.2, 0.25) is 0 Å². The summed E-state index contributed by atoms with van der Waals surface area (Å²) in [7, 11) is 0. The molecule has 0 amide bonds. The van der Waals surface area contributed by atoms with Crippen molar-refractivity contribution in [2.75, 3.05) is 26.2 Å². The molecule has 1 aliphatic rings. The van der Waals surface area contributed by atoms with Crippen LogP contribution in [0.4, 0.5) is 0 Å². The maximum absolute atomic E-state index is 9.55. The van der Waals surface area contributed by atoms with Crippen LogP contribution in [0.5, 0.6) is 0 Å². The van der Waals surface area contributed by atoms with Gasteiger partial charge in [0.1, 0.15) is 0 Å². The molecule has 7 heteroatoms. The van der Waals surface area contributed by atoms with E-state index in [9.17, 15) is 9.59 Å². The second-order valence-electron chi connectivity index (χ2n) is 10.5.